The summed E-state index contributed by atoms with van der Waals surface area (Å²) in [6.45, 7) is 8.83. The van der Waals surface area contributed by atoms with Crippen molar-refractivity contribution in [1.29, 1.82) is 0 Å². The number of para-hydroxylation sites is 1. The quantitative estimate of drug-likeness (QED) is 0.815. The average molecular weight is 218 g/mol. The van der Waals surface area contributed by atoms with Crippen LogP contribution in [0.4, 0.5) is 5.69 Å². The zero-order valence-corrected chi connectivity index (χ0v) is 10.5. The Balaban J connectivity index is 2.01. The van der Waals surface area contributed by atoms with Gasteiger partial charge in [-0.05, 0) is 36.9 Å². The first-order valence-corrected chi connectivity index (χ1v) is 6.22. The van der Waals surface area contributed by atoms with E-state index >= 15 is 0 Å². The minimum Gasteiger partial charge on any atom is -0.383 e. The van der Waals surface area contributed by atoms with E-state index in [1.807, 2.05) is 0 Å². The molecular weight excluding hydrogens is 196 g/mol. The van der Waals surface area contributed by atoms with Crippen LogP contribution in [0.15, 0.2) is 18.2 Å². The molecule has 2 rings (SSSR count). The molecule has 0 saturated carbocycles. The summed E-state index contributed by atoms with van der Waals surface area (Å²) in [6, 6.07) is 7.14. The van der Waals surface area contributed by atoms with Gasteiger partial charge < -0.3 is 10.6 Å². The highest BCUT2D eigenvalue weighted by Crippen LogP contribution is 2.25. The van der Waals surface area contributed by atoms with Crippen LogP contribution in [-0.2, 0) is 6.42 Å². The van der Waals surface area contributed by atoms with Crippen molar-refractivity contribution in [3.8, 4) is 0 Å². The van der Waals surface area contributed by atoms with Crippen molar-refractivity contribution in [2.45, 2.75) is 33.2 Å². The second kappa shape index (κ2) is 4.88. The van der Waals surface area contributed by atoms with Crippen LogP contribution in [-0.4, -0.2) is 19.1 Å². The smallest absolute Gasteiger partial charge is 0.0403 e. The highest BCUT2D eigenvalue weighted by Gasteiger charge is 2.18. The van der Waals surface area contributed by atoms with Crippen LogP contribution in [0.5, 0.6) is 0 Å². The zero-order chi connectivity index (χ0) is 11.5. The van der Waals surface area contributed by atoms with Gasteiger partial charge in [-0.25, -0.2) is 0 Å². The SMILES string of the molecule is Cc1cccc2c1NCC(NCC(C)C)C2. The first-order chi connectivity index (χ1) is 7.66. The number of hydrogen-bond acceptors (Lipinski definition) is 2. The minimum absolute atomic E-state index is 0.580. The van der Waals surface area contributed by atoms with Gasteiger partial charge in [-0.15, -0.1) is 0 Å². The Labute approximate surface area is 98.4 Å². The lowest BCUT2D eigenvalue weighted by molar-refractivity contribution is 0.465. The molecule has 2 nitrogen and oxygen atoms in total. The predicted molar refractivity (Wildman–Crippen MR) is 70.0 cm³/mol. The van der Waals surface area contributed by atoms with Crippen molar-refractivity contribution >= 4 is 5.69 Å². The van der Waals surface area contributed by atoms with Crippen molar-refractivity contribution in [3.63, 3.8) is 0 Å². The summed E-state index contributed by atoms with van der Waals surface area (Å²) in [5.74, 6) is 0.721. The lowest BCUT2D eigenvalue weighted by Gasteiger charge is -2.28. The molecule has 1 unspecified atom stereocenters. The van der Waals surface area contributed by atoms with Crippen LogP contribution >= 0.6 is 0 Å². The molecule has 1 heterocycles. The third-order valence-electron chi connectivity index (χ3n) is 3.17. The Morgan fingerprint density at radius 3 is 3.00 bits per heavy atom. The summed E-state index contributed by atoms with van der Waals surface area (Å²) in [6.07, 6.45) is 1.15. The van der Waals surface area contributed by atoms with E-state index in [0.717, 1.165) is 25.4 Å². The molecule has 1 atom stereocenters. The standard InChI is InChI=1S/C14H22N2/c1-10(2)8-15-13-7-12-6-4-5-11(3)14(12)16-9-13/h4-6,10,13,15-16H,7-9H2,1-3H3. The van der Waals surface area contributed by atoms with E-state index in [9.17, 15) is 0 Å². The van der Waals surface area contributed by atoms with Gasteiger partial charge >= 0.3 is 0 Å². The van der Waals surface area contributed by atoms with E-state index in [2.05, 4.69) is 49.6 Å². The molecule has 0 aliphatic carbocycles. The lowest BCUT2D eigenvalue weighted by atomic mass is 9.96. The second-order valence-corrected chi connectivity index (χ2v) is 5.19. The van der Waals surface area contributed by atoms with E-state index in [-0.39, 0.29) is 0 Å². The van der Waals surface area contributed by atoms with Crippen molar-refractivity contribution in [2.75, 3.05) is 18.4 Å². The van der Waals surface area contributed by atoms with Crippen LogP contribution in [0.25, 0.3) is 0 Å². The Morgan fingerprint density at radius 2 is 2.25 bits per heavy atom. The van der Waals surface area contributed by atoms with Gasteiger partial charge in [-0.2, -0.15) is 0 Å². The summed E-state index contributed by atoms with van der Waals surface area (Å²) < 4.78 is 0. The molecule has 1 aliphatic rings. The van der Waals surface area contributed by atoms with E-state index in [4.69, 9.17) is 0 Å². The normalized spacial score (nSPS) is 19.4. The third kappa shape index (κ3) is 2.56. The number of hydrogen-bond donors (Lipinski definition) is 2. The molecule has 88 valence electrons. The number of fused-ring (bicyclic) bond motifs is 1. The highest BCUT2D eigenvalue weighted by molar-refractivity contribution is 5.59. The number of benzene rings is 1. The van der Waals surface area contributed by atoms with Gasteiger partial charge in [0.15, 0.2) is 0 Å². The largest absolute Gasteiger partial charge is 0.383 e. The first-order valence-electron chi connectivity index (χ1n) is 6.22. The summed E-state index contributed by atoms with van der Waals surface area (Å²) in [7, 11) is 0. The number of nitrogens with one attached hydrogen (secondary N) is 2. The summed E-state index contributed by atoms with van der Waals surface area (Å²) in [4.78, 5) is 0. The fraction of sp³-hybridized carbons (Fsp3) is 0.571. The maximum atomic E-state index is 3.62. The van der Waals surface area contributed by atoms with Crippen LogP contribution in [0.1, 0.15) is 25.0 Å². The van der Waals surface area contributed by atoms with Gasteiger partial charge in [0, 0.05) is 18.3 Å². The Kier molecular flexibility index (Phi) is 3.49. The van der Waals surface area contributed by atoms with Gasteiger partial charge in [0.2, 0.25) is 0 Å². The highest BCUT2D eigenvalue weighted by atomic mass is 15.0. The molecule has 16 heavy (non-hydrogen) atoms. The summed E-state index contributed by atoms with van der Waals surface area (Å²) in [5, 5.41) is 7.16. The Morgan fingerprint density at radius 1 is 1.44 bits per heavy atom. The van der Waals surface area contributed by atoms with Crippen molar-refractivity contribution in [3.05, 3.63) is 29.3 Å². The molecule has 0 aromatic heterocycles. The number of rotatable bonds is 3. The van der Waals surface area contributed by atoms with E-state index < -0.39 is 0 Å². The first kappa shape index (κ1) is 11.5. The average Bonchev–Trinajstić information content (AvgIpc) is 2.26. The second-order valence-electron chi connectivity index (χ2n) is 5.19. The van der Waals surface area contributed by atoms with Crippen molar-refractivity contribution < 1.29 is 0 Å². The fourth-order valence-electron chi connectivity index (χ4n) is 2.26. The van der Waals surface area contributed by atoms with Crippen molar-refractivity contribution in [2.24, 2.45) is 5.92 Å². The molecule has 0 amide bonds. The fourth-order valence-corrected chi connectivity index (χ4v) is 2.26. The molecule has 0 saturated heterocycles. The Hall–Kier alpha value is -1.02. The third-order valence-corrected chi connectivity index (χ3v) is 3.17. The van der Waals surface area contributed by atoms with Gasteiger partial charge in [-0.1, -0.05) is 32.0 Å². The number of anilines is 1. The van der Waals surface area contributed by atoms with Gasteiger partial charge in [0.05, 0.1) is 0 Å². The molecule has 1 aromatic carbocycles. The zero-order valence-electron chi connectivity index (χ0n) is 10.5. The topological polar surface area (TPSA) is 24.1 Å². The summed E-state index contributed by atoms with van der Waals surface area (Å²) >= 11 is 0. The van der Waals surface area contributed by atoms with Crippen molar-refractivity contribution in [1.82, 2.24) is 5.32 Å². The van der Waals surface area contributed by atoms with E-state index in [1.165, 1.54) is 16.8 Å². The molecule has 0 radical (unpaired) electrons. The predicted octanol–water partition coefficient (Wildman–Crippen LogP) is 2.58. The summed E-state index contributed by atoms with van der Waals surface area (Å²) in [5.41, 5.74) is 4.16. The monoisotopic (exact) mass is 218 g/mol. The van der Waals surface area contributed by atoms with Gasteiger partial charge in [0.25, 0.3) is 0 Å². The van der Waals surface area contributed by atoms with Crippen LogP contribution in [0, 0.1) is 12.8 Å². The van der Waals surface area contributed by atoms with Gasteiger partial charge in [-0.3, -0.25) is 0 Å². The molecule has 0 fully saturated rings. The van der Waals surface area contributed by atoms with Crippen LogP contribution in [0.2, 0.25) is 0 Å². The lowest BCUT2D eigenvalue weighted by Crippen LogP contribution is -2.42. The van der Waals surface area contributed by atoms with E-state index in [0.29, 0.717) is 6.04 Å². The molecular formula is C14H22N2. The maximum absolute atomic E-state index is 3.62. The molecule has 0 spiro atoms. The van der Waals surface area contributed by atoms with Crippen LogP contribution < -0.4 is 10.6 Å². The van der Waals surface area contributed by atoms with Crippen LogP contribution in [0.3, 0.4) is 0 Å². The molecule has 1 aromatic rings. The molecule has 0 bridgehead atoms. The molecule has 2 heteroatoms. The Bertz CT molecular complexity index is 358. The molecule has 2 N–H and O–H groups in total. The van der Waals surface area contributed by atoms with E-state index in [1.54, 1.807) is 0 Å². The number of aryl methyl sites for hydroxylation is 1. The van der Waals surface area contributed by atoms with Gasteiger partial charge in [0.1, 0.15) is 0 Å². The maximum Gasteiger partial charge on any atom is 0.0403 e. The minimum atomic E-state index is 0.580. The molecule has 1 aliphatic heterocycles.